The van der Waals surface area contributed by atoms with Gasteiger partial charge in [0.1, 0.15) is 0 Å². The minimum Gasteiger partial charge on any atom is -0.295 e. The van der Waals surface area contributed by atoms with E-state index < -0.39 is 0 Å². The highest BCUT2D eigenvalue weighted by Gasteiger charge is 2.09. The van der Waals surface area contributed by atoms with E-state index in [1.165, 1.54) is 5.57 Å². The summed E-state index contributed by atoms with van der Waals surface area (Å²) in [7, 11) is 0. The van der Waals surface area contributed by atoms with Crippen molar-refractivity contribution in [3.63, 3.8) is 0 Å². The Labute approximate surface area is 74.2 Å². The van der Waals surface area contributed by atoms with Gasteiger partial charge >= 0.3 is 0 Å². The minimum absolute atomic E-state index is 0.310. The zero-order chi connectivity index (χ0) is 8.81. The lowest BCUT2D eigenvalue weighted by Gasteiger charge is -1.95. The van der Waals surface area contributed by atoms with Gasteiger partial charge in [0, 0.05) is 6.42 Å². The minimum atomic E-state index is 0.310. The van der Waals surface area contributed by atoms with E-state index in [1.54, 1.807) is 0 Å². The van der Waals surface area contributed by atoms with E-state index in [0.29, 0.717) is 5.78 Å². The van der Waals surface area contributed by atoms with E-state index in [0.717, 1.165) is 32.1 Å². The molecule has 0 saturated heterocycles. The van der Waals surface area contributed by atoms with Gasteiger partial charge in [-0.25, -0.2) is 0 Å². The Morgan fingerprint density at radius 2 is 2.25 bits per heavy atom. The van der Waals surface area contributed by atoms with Crippen LogP contribution in [-0.2, 0) is 4.79 Å². The molecule has 12 heavy (non-hydrogen) atoms. The first kappa shape index (κ1) is 9.24. The maximum atomic E-state index is 10.8. The van der Waals surface area contributed by atoms with Gasteiger partial charge in [-0.15, -0.1) is 0 Å². The van der Waals surface area contributed by atoms with Gasteiger partial charge in [-0.2, -0.15) is 0 Å². The van der Waals surface area contributed by atoms with Gasteiger partial charge < -0.3 is 0 Å². The normalized spacial score (nSPS) is 17.4. The Hall–Kier alpha value is -0.850. The molecule has 0 radical (unpaired) electrons. The Bertz CT molecular complexity index is 211. The molecule has 0 unspecified atom stereocenters. The third kappa shape index (κ3) is 3.04. The molecule has 0 amide bonds. The standard InChI is InChI=1S/C11H16O/c1-2-3-4-5-6-10-7-8-11(12)9-10/h3-4,9H,2,5-8H2,1H3/b4-3-. The Morgan fingerprint density at radius 1 is 1.42 bits per heavy atom. The average Bonchev–Trinajstić information content (AvgIpc) is 2.45. The number of carbonyl (C=O) groups excluding carboxylic acids is 1. The third-order valence-corrected chi connectivity index (χ3v) is 2.09. The van der Waals surface area contributed by atoms with Crippen LogP contribution < -0.4 is 0 Å². The number of carbonyl (C=O) groups is 1. The van der Waals surface area contributed by atoms with E-state index in [1.807, 2.05) is 6.08 Å². The van der Waals surface area contributed by atoms with Crippen LogP contribution in [0.25, 0.3) is 0 Å². The zero-order valence-corrected chi connectivity index (χ0v) is 7.68. The molecule has 1 rings (SSSR count). The van der Waals surface area contributed by atoms with Crippen LogP contribution in [0.4, 0.5) is 0 Å². The van der Waals surface area contributed by atoms with Crippen LogP contribution in [0.5, 0.6) is 0 Å². The second kappa shape index (κ2) is 4.91. The summed E-state index contributed by atoms with van der Waals surface area (Å²) in [5.41, 5.74) is 1.33. The summed E-state index contributed by atoms with van der Waals surface area (Å²) in [6.07, 6.45) is 11.2. The molecular formula is C11H16O. The molecule has 0 heterocycles. The molecule has 0 spiro atoms. The quantitative estimate of drug-likeness (QED) is 0.584. The molecule has 1 heteroatoms. The van der Waals surface area contributed by atoms with E-state index in [-0.39, 0.29) is 0 Å². The zero-order valence-electron chi connectivity index (χ0n) is 7.68. The van der Waals surface area contributed by atoms with Crippen molar-refractivity contribution >= 4 is 5.78 Å². The summed E-state index contributed by atoms with van der Waals surface area (Å²) < 4.78 is 0. The van der Waals surface area contributed by atoms with Crippen molar-refractivity contribution in [2.75, 3.05) is 0 Å². The topological polar surface area (TPSA) is 17.1 Å². The number of hydrogen-bond acceptors (Lipinski definition) is 1. The first-order chi connectivity index (χ1) is 5.83. The number of allylic oxidation sites excluding steroid dienone is 4. The van der Waals surface area contributed by atoms with Gasteiger partial charge in [-0.1, -0.05) is 24.6 Å². The second-order valence-electron chi connectivity index (χ2n) is 3.19. The summed E-state index contributed by atoms with van der Waals surface area (Å²) >= 11 is 0. The highest BCUT2D eigenvalue weighted by molar-refractivity contribution is 5.92. The first-order valence-corrected chi connectivity index (χ1v) is 4.70. The van der Waals surface area contributed by atoms with Crippen LogP contribution in [0.3, 0.4) is 0 Å². The van der Waals surface area contributed by atoms with E-state index in [4.69, 9.17) is 0 Å². The molecule has 1 nitrogen and oxygen atoms in total. The Kier molecular flexibility index (Phi) is 3.78. The molecule has 0 atom stereocenters. The predicted molar refractivity (Wildman–Crippen MR) is 51.0 cm³/mol. The van der Waals surface area contributed by atoms with Gasteiger partial charge in [-0.05, 0) is 31.8 Å². The van der Waals surface area contributed by atoms with Crippen molar-refractivity contribution in [1.29, 1.82) is 0 Å². The van der Waals surface area contributed by atoms with Crippen LogP contribution >= 0.6 is 0 Å². The monoisotopic (exact) mass is 164 g/mol. The fraction of sp³-hybridized carbons (Fsp3) is 0.545. The van der Waals surface area contributed by atoms with Crippen molar-refractivity contribution in [3.8, 4) is 0 Å². The lowest BCUT2D eigenvalue weighted by atomic mass is 10.1. The molecule has 66 valence electrons. The lowest BCUT2D eigenvalue weighted by Crippen LogP contribution is -1.80. The van der Waals surface area contributed by atoms with Gasteiger partial charge in [0.15, 0.2) is 5.78 Å². The van der Waals surface area contributed by atoms with Gasteiger partial charge in [-0.3, -0.25) is 4.79 Å². The first-order valence-electron chi connectivity index (χ1n) is 4.70. The van der Waals surface area contributed by atoms with Gasteiger partial charge in [0.2, 0.25) is 0 Å². The molecule has 0 saturated carbocycles. The third-order valence-electron chi connectivity index (χ3n) is 2.09. The van der Waals surface area contributed by atoms with Crippen molar-refractivity contribution in [2.45, 2.75) is 39.0 Å². The molecule has 0 N–H and O–H groups in total. The number of hydrogen-bond donors (Lipinski definition) is 0. The maximum absolute atomic E-state index is 10.8. The van der Waals surface area contributed by atoms with E-state index in [9.17, 15) is 4.79 Å². The average molecular weight is 164 g/mol. The Balaban J connectivity index is 2.20. The number of rotatable bonds is 4. The summed E-state index contributed by atoms with van der Waals surface area (Å²) in [5.74, 6) is 0.310. The SMILES string of the molecule is CC/C=C\CCC1=CC(=O)CC1. The fourth-order valence-corrected chi connectivity index (χ4v) is 1.41. The van der Waals surface area contributed by atoms with Gasteiger partial charge in [0.05, 0.1) is 0 Å². The molecule has 1 aliphatic rings. The highest BCUT2D eigenvalue weighted by Crippen LogP contribution is 2.19. The predicted octanol–water partition coefficient (Wildman–Crippen LogP) is 3.02. The summed E-state index contributed by atoms with van der Waals surface area (Å²) in [6.45, 7) is 2.13. The molecule has 0 bridgehead atoms. The Morgan fingerprint density at radius 3 is 2.83 bits per heavy atom. The highest BCUT2D eigenvalue weighted by atomic mass is 16.1. The van der Waals surface area contributed by atoms with Crippen molar-refractivity contribution < 1.29 is 4.79 Å². The summed E-state index contributed by atoms with van der Waals surface area (Å²) in [4.78, 5) is 10.8. The van der Waals surface area contributed by atoms with Crippen LogP contribution in [0, 0.1) is 0 Å². The van der Waals surface area contributed by atoms with Crippen LogP contribution in [0.1, 0.15) is 39.0 Å². The van der Waals surface area contributed by atoms with Crippen molar-refractivity contribution in [3.05, 3.63) is 23.8 Å². The van der Waals surface area contributed by atoms with Crippen LogP contribution in [0.2, 0.25) is 0 Å². The van der Waals surface area contributed by atoms with E-state index in [2.05, 4.69) is 19.1 Å². The van der Waals surface area contributed by atoms with Crippen molar-refractivity contribution in [1.82, 2.24) is 0 Å². The molecule has 0 fully saturated rings. The molecule has 1 aliphatic carbocycles. The van der Waals surface area contributed by atoms with Crippen molar-refractivity contribution in [2.24, 2.45) is 0 Å². The number of ketones is 1. The van der Waals surface area contributed by atoms with Gasteiger partial charge in [0.25, 0.3) is 0 Å². The maximum Gasteiger partial charge on any atom is 0.155 e. The van der Waals surface area contributed by atoms with Crippen LogP contribution in [-0.4, -0.2) is 5.78 Å². The lowest BCUT2D eigenvalue weighted by molar-refractivity contribution is -0.114. The molecule has 0 aromatic heterocycles. The molecule has 0 aromatic rings. The summed E-state index contributed by atoms with van der Waals surface area (Å²) in [5, 5.41) is 0. The van der Waals surface area contributed by atoms with Crippen LogP contribution in [0.15, 0.2) is 23.8 Å². The smallest absolute Gasteiger partial charge is 0.155 e. The molecular weight excluding hydrogens is 148 g/mol. The second-order valence-corrected chi connectivity index (χ2v) is 3.19. The molecule has 0 aromatic carbocycles. The summed E-state index contributed by atoms with van der Waals surface area (Å²) in [6, 6.07) is 0. The largest absolute Gasteiger partial charge is 0.295 e. The molecule has 0 aliphatic heterocycles. The van der Waals surface area contributed by atoms with E-state index >= 15 is 0 Å². The fourth-order valence-electron chi connectivity index (χ4n) is 1.41.